The first-order valence-corrected chi connectivity index (χ1v) is 6.55. The summed E-state index contributed by atoms with van der Waals surface area (Å²) < 4.78 is 0. The number of aromatic nitrogens is 1. The van der Waals surface area contributed by atoms with Gasteiger partial charge in [-0.2, -0.15) is 0 Å². The van der Waals surface area contributed by atoms with Crippen molar-refractivity contribution in [1.29, 1.82) is 0 Å². The minimum absolute atomic E-state index is 0.0275. The average molecular weight is 255 g/mol. The van der Waals surface area contributed by atoms with Gasteiger partial charge in [0.25, 0.3) is 0 Å². The average Bonchev–Trinajstić information content (AvgIpc) is 2.39. The molecule has 0 radical (unpaired) electrons. The monoisotopic (exact) mass is 255 g/mol. The molecular weight excluding hydrogens is 234 g/mol. The molecule has 1 heterocycles. The quantitative estimate of drug-likeness (QED) is 0.913. The lowest BCUT2D eigenvalue weighted by Crippen LogP contribution is -2.19. The van der Waals surface area contributed by atoms with Crippen molar-refractivity contribution in [2.45, 2.75) is 26.4 Å². The molecule has 0 saturated heterocycles. The van der Waals surface area contributed by atoms with E-state index in [1.165, 1.54) is 5.56 Å². The molecule has 0 spiro atoms. The van der Waals surface area contributed by atoms with Gasteiger partial charge in [0, 0.05) is 25.8 Å². The van der Waals surface area contributed by atoms with E-state index in [2.05, 4.69) is 54.2 Å². The highest BCUT2D eigenvalue weighted by atomic mass is 15.2. The van der Waals surface area contributed by atoms with Crippen molar-refractivity contribution >= 4 is 5.82 Å². The molecule has 100 valence electrons. The Morgan fingerprint density at radius 2 is 1.95 bits per heavy atom. The lowest BCUT2D eigenvalue weighted by molar-refractivity contribution is 0.804. The summed E-state index contributed by atoms with van der Waals surface area (Å²) in [6.07, 6.45) is 1.87. The van der Waals surface area contributed by atoms with Crippen LogP contribution in [-0.2, 0) is 6.54 Å². The van der Waals surface area contributed by atoms with E-state index in [0.717, 1.165) is 23.5 Å². The number of benzene rings is 1. The van der Waals surface area contributed by atoms with E-state index in [9.17, 15) is 0 Å². The highest BCUT2D eigenvalue weighted by molar-refractivity contribution is 5.47. The maximum absolute atomic E-state index is 5.88. The minimum Gasteiger partial charge on any atom is -0.355 e. The second-order valence-electron chi connectivity index (χ2n) is 5.04. The lowest BCUT2D eigenvalue weighted by Gasteiger charge is -2.21. The molecule has 0 amide bonds. The van der Waals surface area contributed by atoms with Gasteiger partial charge in [-0.15, -0.1) is 0 Å². The van der Waals surface area contributed by atoms with Crippen molar-refractivity contribution in [2.24, 2.45) is 5.73 Å². The summed E-state index contributed by atoms with van der Waals surface area (Å²) in [5.41, 5.74) is 9.40. The van der Waals surface area contributed by atoms with Crippen LogP contribution < -0.4 is 10.6 Å². The zero-order valence-electron chi connectivity index (χ0n) is 11.8. The SMILES string of the molecule is Cc1cc(C(C)N)cnc1N(C)Cc1ccccc1. The Balaban J connectivity index is 2.17. The number of pyridine rings is 1. The van der Waals surface area contributed by atoms with Gasteiger partial charge in [-0.1, -0.05) is 30.3 Å². The molecule has 0 fully saturated rings. The van der Waals surface area contributed by atoms with Gasteiger partial charge in [0.15, 0.2) is 0 Å². The largest absolute Gasteiger partial charge is 0.355 e. The fourth-order valence-electron chi connectivity index (χ4n) is 2.17. The van der Waals surface area contributed by atoms with E-state index < -0.39 is 0 Å². The molecule has 0 aliphatic carbocycles. The standard InChI is InChI=1S/C16H21N3/c1-12-9-15(13(2)17)10-18-16(12)19(3)11-14-7-5-4-6-8-14/h4-10,13H,11,17H2,1-3H3. The van der Waals surface area contributed by atoms with Gasteiger partial charge in [-0.05, 0) is 36.6 Å². The zero-order chi connectivity index (χ0) is 13.8. The highest BCUT2D eigenvalue weighted by Crippen LogP contribution is 2.20. The van der Waals surface area contributed by atoms with Gasteiger partial charge < -0.3 is 10.6 Å². The number of nitrogens with zero attached hydrogens (tertiary/aromatic N) is 2. The van der Waals surface area contributed by atoms with Crippen LogP contribution in [0.4, 0.5) is 5.82 Å². The second kappa shape index (κ2) is 5.85. The number of anilines is 1. The van der Waals surface area contributed by atoms with Crippen LogP contribution in [0.1, 0.15) is 29.7 Å². The number of hydrogen-bond acceptors (Lipinski definition) is 3. The summed E-state index contributed by atoms with van der Waals surface area (Å²) in [4.78, 5) is 6.70. The van der Waals surface area contributed by atoms with Crippen molar-refractivity contribution < 1.29 is 0 Å². The first kappa shape index (κ1) is 13.6. The van der Waals surface area contributed by atoms with Gasteiger partial charge >= 0.3 is 0 Å². The minimum atomic E-state index is 0.0275. The third-order valence-electron chi connectivity index (χ3n) is 3.22. The van der Waals surface area contributed by atoms with Crippen LogP contribution in [0.15, 0.2) is 42.6 Å². The molecule has 1 atom stereocenters. The molecule has 2 rings (SSSR count). The Hall–Kier alpha value is -1.87. The summed E-state index contributed by atoms with van der Waals surface area (Å²) >= 11 is 0. The van der Waals surface area contributed by atoms with Crippen molar-refractivity contribution in [1.82, 2.24) is 4.98 Å². The van der Waals surface area contributed by atoms with Gasteiger partial charge in [0.1, 0.15) is 5.82 Å². The van der Waals surface area contributed by atoms with E-state index in [0.29, 0.717) is 0 Å². The fourth-order valence-corrected chi connectivity index (χ4v) is 2.17. The first-order chi connectivity index (χ1) is 9.08. The molecule has 1 aromatic heterocycles. The van der Waals surface area contributed by atoms with Gasteiger partial charge in [-0.25, -0.2) is 4.98 Å². The molecular formula is C16H21N3. The third kappa shape index (κ3) is 3.32. The highest BCUT2D eigenvalue weighted by Gasteiger charge is 2.09. The smallest absolute Gasteiger partial charge is 0.131 e. The fraction of sp³-hybridized carbons (Fsp3) is 0.312. The number of hydrogen-bond donors (Lipinski definition) is 1. The summed E-state index contributed by atoms with van der Waals surface area (Å²) in [5, 5.41) is 0. The zero-order valence-corrected chi connectivity index (χ0v) is 11.8. The Kier molecular flexibility index (Phi) is 4.17. The van der Waals surface area contributed by atoms with Crippen LogP contribution in [0.5, 0.6) is 0 Å². The van der Waals surface area contributed by atoms with Crippen molar-refractivity contribution in [2.75, 3.05) is 11.9 Å². The van der Waals surface area contributed by atoms with Gasteiger partial charge in [-0.3, -0.25) is 0 Å². The molecule has 0 aliphatic heterocycles. The molecule has 1 aromatic carbocycles. The summed E-state index contributed by atoms with van der Waals surface area (Å²) in [5.74, 6) is 1.01. The van der Waals surface area contributed by atoms with Crippen LogP contribution in [-0.4, -0.2) is 12.0 Å². The van der Waals surface area contributed by atoms with Crippen LogP contribution in [0.3, 0.4) is 0 Å². The molecule has 3 heteroatoms. The number of nitrogens with two attached hydrogens (primary N) is 1. The normalized spacial score (nSPS) is 12.2. The predicted octanol–water partition coefficient (Wildman–Crippen LogP) is 3.05. The Morgan fingerprint density at radius 1 is 1.26 bits per heavy atom. The summed E-state index contributed by atoms with van der Waals surface area (Å²) in [7, 11) is 2.06. The second-order valence-corrected chi connectivity index (χ2v) is 5.04. The van der Waals surface area contributed by atoms with E-state index in [1.54, 1.807) is 0 Å². The Morgan fingerprint density at radius 3 is 2.53 bits per heavy atom. The van der Waals surface area contributed by atoms with Crippen molar-refractivity contribution in [3.8, 4) is 0 Å². The van der Waals surface area contributed by atoms with Gasteiger partial charge in [0.05, 0.1) is 0 Å². The molecule has 19 heavy (non-hydrogen) atoms. The van der Waals surface area contributed by atoms with E-state index >= 15 is 0 Å². The maximum Gasteiger partial charge on any atom is 0.131 e. The molecule has 0 bridgehead atoms. The first-order valence-electron chi connectivity index (χ1n) is 6.55. The molecule has 0 aliphatic rings. The Bertz CT molecular complexity index is 535. The summed E-state index contributed by atoms with van der Waals surface area (Å²) in [6, 6.07) is 12.5. The Labute approximate surface area is 115 Å². The van der Waals surface area contributed by atoms with Crippen LogP contribution in [0.25, 0.3) is 0 Å². The van der Waals surface area contributed by atoms with Crippen LogP contribution in [0, 0.1) is 6.92 Å². The van der Waals surface area contributed by atoms with Crippen molar-refractivity contribution in [3.63, 3.8) is 0 Å². The molecule has 3 nitrogen and oxygen atoms in total. The van der Waals surface area contributed by atoms with Crippen LogP contribution in [0.2, 0.25) is 0 Å². The molecule has 2 aromatic rings. The lowest BCUT2D eigenvalue weighted by atomic mass is 10.1. The van der Waals surface area contributed by atoms with E-state index in [-0.39, 0.29) is 6.04 Å². The molecule has 0 saturated carbocycles. The predicted molar refractivity (Wildman–Crippen MR) is 80.1 cm³/mol. The topological polar surface area (TPSA) is 42.1 Å². The molecule has 1 unspecified atom stereocenters. The summed E-state index contributed by atoms with van der Waals surface area (Å²) in [6.45, 7) is 4.91. The number of aryl methyl sites for hydroxylation is 1. The third-order valence-corrected chi connectivity index (χ3v) is 3.22. The van der Waals surface area contributed by atoms with E-state index in [1.807, 2.05) is 19.2 Å². The van der Waals surface area contributed by atoms with Gasteiger partial charge in [0.2, 0.25) is 0 Å². The van der Waals surface area contributed by atoms with Crippen molar-refractivity contribution in [3.05, 3.63) is 59.3 Å². The number of rotatable bonds is 4. The maximum atomic E-state index is 5.88. The van der Waals surface area contributed by atoms with E-state index in [4.69, 9.17) is 5.73 Å². The molecule has 2 N–H and O–H groups in total. The van der Waals surface area contributed by atoms with Crippen LogP contribution >= 0.6 is 0 Å².